The lowest BCUT2D eigenvalue weighted by atomic mass is 9.93. The maximum absolute atomic E-state index is 13.1. The SMILES string of the molecule is [2H]C([2H])(F)COCC(CC)(CC)NC(=O)c1ccc(N2CC(OC)C2)c(OCC2CC2)n1. The molecule has 0 aromatic carbocycles. The van der Waals surface area contributed by atoms with Crippen molar-refractivity contribution in [1.29, 1.82) is 0 Å². The highest BCUT2D eigenvalue weighted by Crippen LogP contribution is 2.34. The van der Waals surface area contributed by atoms with Crippen molar-refractivity contribution in [2.75, 3.05) is 51.5 Å². The minimum atomic E-state index is -2.92. The number of carbonyl (C=O) groups excluding carboxylic acids is 1. The lowest BCUT2D eigenvalue weighted by molar-refractivity contribution is 0.0492. The van der Waals surface area contributed by atoms with Gasteiger partial charge in [-0.05, 0) is 43.7 Å². The van der Waals surface area contributed by atoms with E-state index in [1.54, 1.807) is 13.2 Å². The fraction of sp³-hybridized carbons (Fsp3) is 0.727. The standard InChI is InChI=1S/C22H34FN3O4/c1-4-22(5-2,15-29-11-10-23)25-20(27)18-8-9-19(26-12-17(13-26)28-3)21(24-18)30-14-16-6-7-16/h8-9,16-17H,4-7,10-15H2,1-3H3,(H,25,27)/i10D2. The van der Waals surface area contributed by atoms with Crippen molar-refractivity contribution in [2.45, 2.75) is 51.2 Å². The van der Waals surface area contributed by atoms with Gasteiger partial charge in [-0.15, -0.1) is 0 Å². The van der Waals surface area contributed by atoms with Gasteiger partial charge in [-0.2, -0.15) is 0 Å². The Kier molecular flexibility index (Phi) is 6.93. The molecule has 0 atom stereocenters. The molecule has 1 amide bonds. The first-order valence-corrected chi connectivity index (χ1v) is 10.7. The summed E-state index contributed by atoms with van der Waals surface area (Å²) in [4.78, 5) is 19.7. The van der Waals surface area contributed by atoms with E-state index < -0.39 is 18.8 Å². The van der Waals surface area contributed by atoms with E-state index in [0.29, 0.717) is 31.2 Å². The van der Waals surface area contributed by atoms with Gasteiger partial charge < -0.3 is 24.4 Å². The Morgan fingerprint density at radius 3 is 2.70 bits per heavy atom. The van der Waals surface area contributed by atoms with Gasteiger partial charge in [0.05, 0.1) is 34.2 Å². The van der Waals surface area contributed by atoms with Crippen LogP contribution in [-0.4, -0.2) is 69.2 Å². The minimum absolute atomic E-state index is 0.00444. The van der Waals surface area contributed by atoms with Gasteiger partial charge >= 0.3 is 0 Å². The molecular weight excluding hydrogens is 389 g/mol. The van der Waals surface area contributed by atoms with Crippen molar-refractivity contribution < 1.29 is 26.1 Å². The van der Waals surface area contributed by atoms with Crippen LogP contribution in [0.3, 0.4) is 0 Å². The van der Waals surface area contributed by atoms with Crippen LogP contribution < -0.4 is 15.0 Å². The van der Waals surface area contributed by atoms with Crippen molar-refractivity contribution in [2.24, 2.45) is 5.92 Å². The van der Waals surface area contributed by atoms with Crippen LogP contribution in [-0.2, 0) is 9.47 Å². The second kappa shape index (κ2) is 10.4. The van der Waals surface area contributed by atoms with Crippen LogP contribution in [0.2, 0.25) is 0 Å². The number of methoxy groups -OCH3 is 1. The molecule has 3 rings (SSSR count). The van der Waals surface area contributed by atoms with Gasteiger partial charge in [0, 0.05) is 20.2 Å². The predicted molar refractivity (Wildman–Crippen MR) is 113 cm³/mol. The maximum atomic E-state index is 13.1. The molecule has 1 aliphatic carbocycles. The highest BCUT2D eigenvalue weighted by Gasteiger charge is 2.32. The van der Waals surface area contributed by atoms with Crippen LogP contribution in [0, 0.1) is 5.92 Å². The molecule has 168 valence electrons. The predicted octanol–water partition coefficient (Wildman–Crippen LogP) is 2.98. The summed E-state index contributed by atoms with van der Waals surface area (Å²) in [5.74, 6) is 0.619. The molecular formula is C22H34FN3O4. The van der Waals surface area contributed by atoms with E-state index in [1.165, 1.54) is 0 Å². The first-order chi connectivity index (χ1) is 15.2. The van der Waals surface area contributed by atoms with Crippen LogP contribution in [0.25, 0.3) is 0 Å². The molecule has 1 saturated heterocycles. The molecule has 0 unspecified atom stereocenters. The number of rotatable bonds is 13. The zero-order valence-corrected chi connectivity index (χ0v) is 18.1. The van der Waals surface area contributed by atoms with E-state index in [9.17, 15) is 9.18 Å². The van der Waals surface area contributed by atoms with Gasteiger partial charge in [0.15, 0.2) is 0 Å². The monoisotopic (exact) mass is 425 g/mol. The zero-order chi connectivity index (χ0) is 23.4. The van der Waals surface area contributed by atoms with Crippen molar-refractivity contribution in [1.82, 2.24) is 10.3 Å². The first-order valence-electron chi connectivity index (χ1n) is 11.7. The van der Waals surface area contributed by atoms with E-state index in [1.807, 2.05) is 19.9 Å². The molecule has 1 aromatic heterocycles. The fourth-order valence-corrected chi connectivity index (χ4v) is 3.43. The van der Waals surface area contributed by atoms with Gasteiger partial charge in [-0.3, -0.25) is 4.79 Å². The third-order valence-corrected chi connectivity index (χ3v) is 6.01. The summed E-state index contributed by atoms with van der Waals surface area (Å²) >= 11 is 0. The molecule has 2 aliphatic rings. The van der Waals surface area contributed by atoms with Crippen molar-refractivity contribution in [3.8, 4) is 5.88 Å². The van der Waals surface area contributed by atoms with Crippen LogP contribution in [0.15, 0.2) is 12.1 Å². The topological polar surface area (TPSA) is 72.9 Å². The molecule has 0 spiro atoms. The molecule has 2 fully saturated rings. The molecule has 0 bridgehead atoms. The number of pyridine rings is 1. The summed E-state index contributed by atoms with van der Waals surface area (Å²) in [7, 11) is 1.69. The molecule has 2 heterocycles. The molecule has 7 nitrogen and oxygen atoms in total. The quantitative estimate of drug-likeness (QED) is 0.524. The first kappa shape index (κ1) is 20.0. The lowest BCUT2D eigenvalue weighted by Gasteiger charge is -2.40. The molecule has 0 radical (unpaired) electrons. The Morgan fingerprint density at radius 2 is 2.10 bits per heavy atom. The van der Waals surface area contributed by atoms with Gasteiger partial charge in [0.1, 0.15) is 18.0 Å². The van der Waals surface area contributed by atoms with Gasteiger partial charge in [0.2, 0.25) is 5.88 Å². The van der Waals surface area contributed by atoms with E-state index in [4.69, 9.17) is 17.0 Å². The second-order valence-corrected chi connectivity index (χ2v) is 8.11. The number of nitrogens with zero attached hydrogens (tertiary/aromatic N) is 2. The van der Waals surface area contributed by atoms with E-state index in [-0.39, 0.29) is 24.3 Å². The van der Waals surface area contributed by atoms with Crippen LogP contribution in [0.5, 0.6) is 5.88 Å². The number of carbonyl (C=O) groups is 1. The molecule has 30 heavy (non-hydrogen) atoms. The van der Waals surface area contributed by atoms with Crippen molar-refractivity contribution in [3.05, 3.63) is 17.8 Å². The van der Waals surface area contributed by atoms with Gasteiger partial charge in [-0.25, -0.2) is 9.37 Å². The normalized spacial score (nSPS) is 18.5. The molecule has 1 N–H and O–H groups in total. The fourth-order valence-electron chi connectivity index (χ4n) is 3.43. The largest absolute Gasteiger partial charge is 0.476 e. The highest BCUT2D eigenvalue weighted by atomic mass is 19.1. The zero-order valence-electron chi connectivity index (χ0n) is 20.1. The summed E-state index contributed by atoms with van der Waals surface area (Å²) in [6, 6.07) is 3.52. The number of ether oxygens (including phenoxy) is 3. The average Bonchev–Trinajstić information content (AvgIpc) is 3.54. The number of hydrogen-bond acceptors (Lipinski definition) is 6. The Balaban J connectivity index is 1.71. The Morgan fingerprint density at radius 1 is 1.37 bits per heavy atom. The molecule has 1 aliphatic heterocycles. The third kappa shape index (κ3) is 5.60. The Labute approximate surface area is 181 Å². The van der Waals surface area contributed by atoms with E-state index >= 15 is 0 Å². The number of halogens is 1. The number of alkyl halides is 1. The Bertz CT molecular complexity index is 779. The molecule has 1 aromatic rings. The van der Waals surface area contributed by atoms with Crippen LogP contribution in [0.4, 0.5) is 10.1 Å². The number of aromatic nitrogens is 1. The second-order valence-electron chi connectivity index (χ2n) is 8.11. The van der Waals surface area contributed by atoms with Crippen molar-refractivity contribution in [3.63, 3.8) is 0 Å². The highest BCUT2D eigenvalue weighted by molar-refractivity contribution is 5.93. The summed E-state index contributed by atoms with van der Waals surface area (Å²) in [5.41, 5.74) is 0.331. The van der Waals surface area contributed by atoms with E-state index in [2.05, 4.69) is 15.2 Å². The van der Waals surface area contributed by atoms with Gasteiger partial charge in [-0.1, -0.05) is 13.8 Å². The van der Waals surface area contributed by atoms with Crippen LogP contribution >= 0.6 is 0 Å². The lowest BCUT2D eigenvalue weighted by Crippen LogP contribution is -2.52. The summed E-state index contributed by atoms with van der Waals surface area (Å²) in [5, 5.41) is 2.97. The summed E-state index contributed by atoms with van der Waals surface area (Å²) in [6.45, 7) is 2.28. The van der Waals surface area contributed by atoms with E-state index in [0.717, 1.165) is 31.6 Å². The number of amides is 1. The molecule has 8 heteroatoms. The van der Waals surface area contributed by atoms with Crippen LogP contribution in [0.1, 0.15) is 52.8 Å². The number of anilines is 1. The Hall–Kier alpha value is -1.93. The smallest absolute Gasteiger partial charge is 0.270 e. The third-order valence-electron chi connectivity index (χ3n) is 6.01. The number of nitrogens with one attached hydrogen (secondary N) is 1. The number of hydrogen-bond donors (Lipinski definition) is 1. The summed E-state index contributed by atoms with van der Waals surface area (Å²) < 4.78 is 43.7. The summed E-state index contributed by atoms with van der Waals surface area (Å²) in [6.07, 6.45) is 3.56. The van der Waals surface area contributed by atoms with Crippen molar-refractivity contribution >= 4 is 11.6 Å². The average molecular weight is 426 g/mol. The van der Waals surface area contributed by atoms with Gasteiger partial charge in [0.25, 0.3) is 5.91 Å². The molecule has 1 saturated carbocycles. The minimum Gasteiger partial charge on any atom is -0.476 e. The maximum Gasteiger partial charge on any atom is 0.270 e.